The van der Waals surface area contributed by atoms with E-state index >= 15 is 4.39 Å². The molecule has 0 spiro atoms. The summed E-state index contributed by atoms with van der Waals surface area (Å²) in [5, 5.41) is 10.5. The monoisotopic (exact) mass is 460 g/mol. The van der Waals surface area contributed by atoms with Crippen molar-refractivity contribution in [3.05, 3.63) is 100 Å². The number of aliphatic hydroxyl groups excluding tert-OH is 1. The van der Waals surface area contributed by atoms with Crippen molar-refractivity contribution in [2.75, 3.05) is 0 Å². The molecule has 1 aliphatic rings. The number of hydrogen-bond acceptors (Lipinski definition) is 2. The number of ether oxygens (including phenoxy) is 1. The lowest BCUT2D eigenvalue weighted by molar-refractivity contribution is 0.183. The van der Waals surface area contributed by atoms with E-state index in [1.807, 2.05) is 0 Å². The summed E-state index contributed by atoms with van der Waals surface area (Å²) in [7, 11) is 0. The van der Waals surface area contributed by atoms with Gasteiger partial charge in [-0.2, -0.15) is 0 Å². The smallest absolute Gasteiger partial charge is 0.166 e. The quantitative estimate of drug-likeness (QED) is 0.303. The van der Waals surface area contributed by atoms with Crippen LogP contribution in [0.5, 0.6) is 11.5 Å². The zero-order valence-electron chi connectivity index (χ0n) is 17.7. The molecule has 0 aliphatic heterocycles. The summed E-state index contributed by atoms with van der Waals surface area (Å²) >= 11 is 0. The van der Waals surface area contributed by atoms with E-state index in [1.54, 1.807) is 30.3 Å². The fourth-order valence-electron chi connectivity index (χ4n) is 3.66. The van der Waals surface area contributed by atoms with Gasteiger partial charge in [0.2, 0.25) is 0 Å². The fraction of sp³-hybridized carbons (Fsp3) is 0.231. The standard InChI is InChI=1S/C26H21F5O2/c1-14-20(28)13-18(25(30)24(14)29)23(16-8-9-16)26(31)21(32)11-15-7-10-19(27)22(12-15)33-17-5-3-2-4-6-17/h2-7,10,12-13,16,21,32H,8-9,11H2,1H3/b26-23-. The topological polar surface area (TPSA) is 29.5 Å². The first-order valence-corrected chi connectivity index (χ1v) is 10.5. The minimum Gasteiger partial charge on any atom is -0.454 e. The predicted molar refractivity (Wildman–Crippen MR) is 114 cm³/mol. The Morgan fingerprint density at radius 1 is 0.970 bits per heavy atom. The lowest BCUT2D eigenvalue weighted by Gasteiger charge is -2.17. The molecule has 2 nitrogen and oxygen atoms in total. The van der Waals surface area contributed by atoms with Crippen molar-refractivity contribution in [1.82, 2.24) is 0 Å². The van der Waals surface area contributed by atoms with E-state index in [2.05, 4.69) is 0 Å². The molecule has 1 unspecified atom stereocenters. The van der Waals surface area contributed by atoms with Gasteiger partial charge >= 0.3 is 0 Å². The fourth-order valence-corrected chi connectivity index (χ4v) is 3.66. The van der Waals surface area contributed by atoms with Crippen LogP contribution in [-0.4, -0.2) is 11.2 Å². The van der Waals surface area contributed by atoms with Crippen molar-refractivity contribution in [2.45, 2.75) is 32.3 Å². The average Bonchev–Trinajstić information content (AvgIpc) is 3.64. The molecule has 1 saturated carbocycles. The van der Waals surface area contributed by atoms with E-state index in [1.165, 1.54) is 12.1 Å². The minimum atomic E-state index is -1.72. The van der Waals surface area contributed by atoms with E-state index in [0.29, 0.717) is 24.2 Å². The van der Waals surface area contributed by atoms with Crippen LogP contribution in [0.4, 0.5) is 22.0 Å². The minimum absolute atomic E-state index is 0.105. The van der Waals surface area contributed by atoms with Crippen LogP contribution in [0.2, 0.25) is 0 Å². The lowest BCUT2D eigenvalue weighted by atomic mass is 9.94. The van der Waals surface area contributed by atoms with Crippen molar-refractivity contribution >= 4 is 5.57 Å². The zero-order valence-corrected chi connectivity index (χ0v) is 17.7. The van der Waals surface area contributed by atoms with Gasteiger partial charge in [-0.3, -0.25) is 0 Å². The number of halogens is 5. The Morgan fingerprint density at radius 2 is 1.67 bits per heavy atom. The van der Waals surface area contributed by atoms with Crippen LogP contribution in [0.3, 0.4) is 0 Å². The molecular formula is C26H21F5O2. The highest BCUT2D eigenvalue weighted by Crippen LogP contribution is 2.46. The number of hydrogen-bond donors (Lipinski definition) is 1. The van der Waals surface area contributed by atoms with E-state index in [-0.39, 0.29) is 17.7 Å². The molecule has 0 heterocycles. The Balaban J connectivity index is 1.63. The summed E-state index contributed by atoms with van der Waals surface area (Å²) in [6.07, 6.45) is -0.969. The summed E-state index contributed by atoms with van der Waals surface area (Å²) in [6, 6.07) is 13.1. The van der Waals surface area contributed by atoms with Crippen LogP contribution >= 0.6 is 0 Å². The number of rotatable bonds is 7. The number of benzene rings is 3. The highest BCUT2D eigenvalue weighted by atomic mass is 19.2. The second kappa shape index (κ2) is 9.35. The number of para-hydroxylation sites is 1. The van der Waals surface area contributed by atoms with E-state index < -0.39 is 52.2 Å². The van der Waals surface area contributed by atoms with Gasteiger partial charge in [-0.05, 0) is 67.2 Å². The van der Waals surface area contributed by atoms with Crippen LogP contribution in [-0.2, 0) is 6.42 Å². The van der Waals surface area contributed by atoms with Gasteiger partial charge in [0.1, 0.15) is 23.5 Å². The molecule has 33 heavy (non-hydrogen) atoms. The van der Waals surface area contributed by atoms with Crippen molar-refractivity contribution in [2.24, 2.45) is 5.92 Å². The van der Waals surface area contributed by atoms with Crippen molar-refractivity contribution in [1.29, 1.82) is 0 Å². The van der Waals surface area contributed by atoms with Crippen LogP contribution < -0.4 is 4.74 Å². The summed E-state index contributed by atoms with van der Waals surface area (Å²) in [5.74, 6) is -5.58. The molecule has 0 amide bonds. The molecule has 0 bridgehead atoms. The highest BCUT2D eigenvalue weighted by molar-refractivity contribution is 5.72. The lowest BCUT2D eigenvalue weighted by Crippen LogP contribution is -2.15. The molecule has 1 aliphatic carbocycles. The van der Waals surface area contributed by atoms with Gasteiger partial charge in [-0.15, -0.1) is 0 Å². The highest BCUT2D eigenvalue weighted by Gasteiger charge is 2.35. The molecule has 1 fully saturated rings. The van der Waals surface area contributed by atoms with Gasteiger partial charge < -0.3 is 9.84 Å². The molecule has 1 N–H and O–H groups in total. The third-order valence-corrected chi connectivity index (χ3v) is 5.61. The van der Waals surface area contributed by atoms with E-state index in [9.17, 15) is 22.7 Å². The largest absolute Gasteiger partial charge is 0.454 e. The first-order chi connectivity index (χ1) is 15.8. The molecule has 0 saturated heterocycles. The predicted octanol–water partition coefficient (Wildman–Crippen LogP) is 7.04. The van der Waals surface area contributed by atoms with Gasteiger partial charge in [0.05, 0.1) is 0 Å². The Labute approximate surface area is 188 Å². The number of allylic oxidation sites excluding steroid dienone is 1. The van der Waals surface area contributed by atoms with Crippen LogP contribution in [0, 0.1) is 36.1 Å². The third kappa shape index (κ3) is 4.93. The molecule has 1 atom stereocenters. The SMILES string of the molecule is Cc1c(F)cc(/C(=C(\F)C(O)Cc2ccc(F)c(Oc3ccccc3)c2)C2CC2)c(F)c1F. The molecule has 0 aromatic heterocycles. The van der Waals surface area contributed by atoms with E-state index in [0.717, 1.165) is 19.1 Å². The second-order valence-electron chi connectivity index (χ2n) is 8.09. The molecule has 4 rings (SSSR count). The summed E-state index contributed by atoms with van der Waals surface area (Å²) in [4.78, 5) is 0. The Bertz CT molecular complexity index is 1200. The normalized spacial score (nSPS) is 15.2. The van der Waals surface area contributed by atoms with Crippen LogP contribution in [0.25, 0.3) is 5.57 Å². The van der Waals surface area contributed by atoms with Crippen molar-refractivity contribution in [3.8, 4) is 11.5 Å². The average molecular weight is 460 g/mol. The third-order valence-electron chi connectivity index (χ3n) is 5.61. The Kier molecular flexibility index (Phi) is 6.51. The maximum absolute atomic E-state index is 15.3. The Hall–Kier alpha value is -3.19. The molecule has 7 heteroatoms. The van der Waals surface area contributed by atoms with Gasteiger partial charge in [0, 0.05) is 17.5 Å². The van der Waals surface area contributed by atoms with Gasteiger partial charge in [0.25, 0.3) is 0 Å². The first kappa shape index (κ1) is 23.0. The van der Waals surface area contributed by atoms with Gasteiger partial charge in [-0.25, -0.2) is 22.0 Å². The number of aliphatic hydroxyl groups is 1. The van der Waals surface area contributed by atoms with Crippen LogP contribution in [0.1, 0.15) is 29.5 Å². The molecule has 172 valence electrons. The van der Waals surface area contributed by atoms with Gasteiger partial charge in [-0.1, -0.05) is 24.3 Å². The maximum atomic E-state index is 15.3. The van der Waals surface area contributed by atoms with Crippen molar-refractivity contribution < 1.29 is 31.8 Å². The maximum Gasteiger partial charge on any atom is 0.166 e. The summed E-state index contributed by atoms with van der Waals surface area (Å²) in [5.41, 5.74) is -0.894. The van der Waals surface area contributed by atoms with Gasteiger partial charge in [0.15, 0.2) is 23.2 Å². The summed E-state index contributed by atoms with van der Waals surface area (Å²) in [6.45, 7) is 1.09. The van der Waals surface area contributed by atoms with Crippen LogP contribution in [0.15, 0.2) is 60.4 Å². The summed E-state index contributed by atoms with van der Waals surface area (Å²) < 4.78 is 77.7. The second-order valence-corrected chi connectivity index (χ2v) is 8.09. The molecule has 0 radical (unpaired) electrons. The molecule has 3 aromatic rings. The van der Waals surface area contributed by atoms with E-state index in [4.69, 9.17) is 4.74 Å². The first-order valence-electron chi connectivity index (χ1n) is 10.5. The zero-order chi connectivity index (χ0) is 23.7. The Morgan fingerprint density at radius 3 is 2.33 bits per heavy atom. The molecular weight excluding hydrogens is 439 g/mol. The van der Waals surface area contributed by atoms with Crippen molar-refractivity contribution in [3.63, 3.8) is 0 Å². The molecule has 3 aromatic carbocycles.